The molecule has 0 heterocycles. The Kier molecular flexibility index (Phi) is 3.02. The van der Waals surface area contributed by atoms with Crippen molar-refractivity contribution in [1.29, 1.82) is 0 Å². The molecule has 72 valence electrons. The Morgan fingerprint density at radius 2 is 2.15 bits per heavy atom. The third kappa shape index (κ3) is 2.27. The molecule has 1 rings (SSSR count). The average molecular weight is 201 g/mol. The van der Waals surface area contributed by atoms with Crippen molar-refractivity contribution in [3.05, 3.63) is 29.8 Å². The minimum Gasteiger partial charge on any atom is -0.326 e. The first-order chi connectivity index (χ1) is 6.10. The maximum Gasteiger partial charge on any atom is 0.296 e. The van der Waals surface area contributed by atoms with Crippen LogP contribution in [0.4, 0.5) is 0 Å². The Morgan fingerprint density at radius 3 is 2.69 bits per heavy atom. The van der Waals surface area contributed by atoms with Gasteiger partial charge in [-0.3, -0.25) is 4.18 Å². The molecule has 0 aliphatic carbocycles. The number of nitrogens with two attached hydrogens (primary N) is 1. The second-order valence-corrected chi connectivity index (χ2v) is 4.19. The summed E-state index contributed by atoms with van der Waals surface area (Å²) < 4.78 is 26.8. The molecule has 13 heavy (non-hydrogen) atoms. The van der Waals surface area contributed by atoms with Crippen molar-refractivity contribution >= 4 is 10.1 Å². The predicted octanol–water partition coefficient (Wildman–Crippen LogP) is 0.480. The van der Waals surface area contributed by atoms with Crippen LogP contribution in [-0.4, -0.2) is 15.5 Å². The summed E-state index contributed by atoms with van der Waals surface area (Å²) in [5.41, 5.74) is 6.13. The lowest BCUT2D eigenvalue weighted by atomic mass is 10.2. The van der Waals surface area contributed by atoms with Gasteiger partial charge < -0.3 is 5.73 Å². The molecule has 0 aliphatic heterocycles. The molecule has 1 aromatic carbocycles. The zero-order chi connectivity index (χ0) is 9.90. The highest BCUT2D eigenvalue weighted by Crippen LogP contribution is 2.12. The monoisotopic (exact) mass is 201 g/mol. The summed E-state index contributed by atoms with van der Waals surface area (Å²) >= 11 is 0. The molecule has 0 unspecified atom stereocenters. The van der Waals surface area contributed by atoms with E-state index in [1.165, 1.54) is 12.1 Å². The lowest BCUT2D eigenvalue weighted by molar-refractivity contribution is 0.397. The van der Waals surface area contributed by atoms with E-state index >= 15 is 0 Å². The average Bonchev–Trinajstić information content (AvgIpc) is 2.18. The Bertz CT molecular complexity index is 386. The first-order valence-corrected chi connectivity index (χ1v) is 5.10. The molecule has 0 aliphatic rings. The second-order valence-electron chi connectivity index (χ2n) is 2.47. The Hall–Kier alpha value is -0.910. The van der Waals surface area contributed by atoms with Crippen molar-refractivity contribution in [3.63, 3.8) is 0 Å². The predicted molar refractivity (Wildman–Crippen MR) is 48.5 cm³/mol. The summed E-state index contributed by atoms with van der Waals surface area (Å²) in [6, 6.07) is 6.36. The Balaban J connectivity index is 3.17. The third-order valence-corrected chi connectivity index (χ3v) is 2.91. The minimum absolute atomic E-state index is 0.137. The van der Waals surface area contributed by atoms with E-state index in [-0.39, 0.29) is 4.90 Å². The van der Waals surface area contributed by atoms with Crippen LogP contribution in [0, 0.1) is 0 Å². The molecule has 1 aromatic rings. The number of hydrogen-bond donors (Lipinski definition) is 1. The van der Waals surface area contributed by atoms with Gasteiger partial charge in [0.25, 0.3) is 10.1 Å². The van der Waals surface area contributed by atoms with E-state index in [9.17, 15) is 8.42 Å². The Morgan fingerprint density at radius 1 is 1.46 bits per heavy atom. The third-order valence-electron chi connectivity index (χ3n) is 1.64. The van der Waals surface area contributed by atoms with Crippen LogP contribution < -0.4 is 5.73 Å². The van der Waals surface area contributed by atoms with Crippen LogP contribution in [0.5, 0.6) is 0 Å². The summed E-state index contributed by atoms with van der Waals surface area (Å²) in [6.07, 6.45) is 0. The van der Waals surface area contributed by atoms with Crippen molar-refractivity contribution in [1.82, 2.24) is 0 Å². The van der Waals surface area contributed by atoms with Gasteiger partial charge in [0.15, 0.2) is 0 Å². The molecule has 0 spiro atoms. The molecule has 0 fully saturated rings. The highest BCUT2D eigenvalue weighted by molar-refractivity contribution is 7.86. The first kappa shape index (κ1) is 10.2. The molecular weight excluding hydrogens is 190 g/mol. The molecule has 4 nitrogen and oxygen atoms in total. The van der Waals surface area contributed by atoms with Gasteiger partial charge in [-0.05, 0) is 17.7 Å². The largest absolute Gasteiger partial charge is 0.326 e. The quantitative estimate of drug-likeness (QED) is 0.722. The van der Waals surface area contributed by atoms with Gasteiger partial charge in [0.05, 0.1) is 12.0 Å². The smallest absolute Gasteiger partial charge is 0.296 e. The van der Waals surface area contributed by atoms with Crippen molar-refractivity contribution in [2.75, 3.05) is 7.11 Å². The van der Waals surface area contributed by atoms with Gasteiger partial charge in [0.1, 0.15) is 0 Å². The fourth-order valence-electron chi connectivity index (χ4n) is 0.924. The van der Waals surface area contributed by atoms with Gasteiger partial charge in [-0.1, -0.05) is 12.1 Å². The van der Waals surface area contributed by atoms with Crippen molar-refractivity contribution in [3.8, 4) is 0 Å². The van der Waals surface area contributed by atoms with Crippen LogP contribution in [0.25, 0.3) is 0 Å². The molecule has 0 amide bonds. The Labute approximate surface area is 77.4 Å². The van der Waals surface area contributed by atoms with E-state index in [1.54, 1.807) is 12.1 Å². The molecule has 0 atom stereocenters. The number of rotatable bonds is 3. The SMILES string of the molecule is COS(=O)(=O)c1cccc(CN)c1. The fraction of sp³-hybridized carbons (Fsp3) is 0.250. The zero-order valence-electron chi connectivity index (χ0n) is 7.23. The lowest BCUT2D eigenvalue weighted by Crippen LogP contribution is -2.04. The van der Waals surface area contributed by atoms with Crippen LogP contribution in [0.15, 0.2) is 29.2 Å². The summed E-state index contributed by atoms with van der Waals surface area (Å²) in [5, 5.41) is 0. The molecule has 0 saturated heterocycles. The van der Waals surface area contributed by atoms with Crippen LogP contribution >= 0.6 is 0 Å². The molecular formula is C8H11NO3S. The zero-order valence-corrected chi connectivity index (χ0v) is 8.04. The molecule has 2 N–H and O–H groups in total. The van der Waals surface area contributed by atoms with Crippen LogP contribution in [-0.2, 0) is 20.8 Å². The van der Waals surface area contributed by atoms with Gasteiger partial charge in [-0.15, -0.1) is 0 Å². The molecule has 0 aromatic heterocycles. The van der Waals surface area contributed by atoms with Gasteiger partial charge in [0, 0.05) is 6.54 Å². The van der Waals surface area contributed by atoms with Crippen molar-refractivity contribution in [2.24, 2.45) is 5.73 Å². The summed E-state index contributed by atoms with van der Waals surface area (Å²) in [5.74, 6) is 0. The molecule has 0 bridgehead atoms. The lowest BCUT2D eigenvalue weighted by Gasteiger charge is -2.02. The minimum atomic E-state index is -3.59. The summed E-state index contributed by atoms with van der Waals surface area (Å²) in [4.78, 5) is 0.137. The fourth-order valence-corrected chi connectivity index (χ4v) is 1.66. The normalized spacial score (nSPS) is 11.5. The van der Waals surface area contributed by atoms with Gasteiger partial charge in [0.2, 0.25) is 0 Å². The number of benzene rings is 1. The summed E-state index contributed by atoms with van der Waals surface area (Å²) in [6.45, 7) is 0.313. The van der Waals surface area contributed by atoms with Crippen molar-refractivity contribution < 1.29 is 12.6 Å². The standard InChI is InChI=1S/C8H11NO3S/c1-12-13(10,11)8-4-2-3-7(5-8)6-9/h2-5H,6,9H2,1H3. The van der Waals surface area contributed by atoms with E-state index in [0.29, 0.717) is 6.54 Å². The first-order valence-electron chi connectivity index (χ1n) is 3.70. The molecule has 0 saturated carbocycles. The highest BCUT2D eigenvalue weighted by atomic mass is 32.2. The number of hydrogen-bond acceptors (Lipinski definition) is 4. The second kappa shape index (κ2) is 3.87. The van der Waals surface area contributed by atoms with Crippen LogP contribution in [0.1, 0.15) is 5.56 Å². The van der Waals surface area contributed by atoms with Gasteiger partial charge >= 0.3 is 0 Å². The van der Waals surface area contributed by atoms with E-state index in [0.717, 1.165) is 12.7 Å². The van der Waals surface area contributed by atoms with E-state index in [2.05, 4.69) is 4.18 Å². The van der Waals surface area contributed by atoms with Gasteiger partial charge in [-0.2, -0.15) is 8.42 Å². The maximum absolute atomic E-state index is 11.2. The van der Waals surface area contributed by atoms with Crippen LogP contribution in [0.2, 0.25) is 0 Å². The van der Waals surface area contributed by atoms with Crippen molar-refractivity contribution in [2.45, 2.75) is 11.4 Å². The topological polar surface area (TPSA) is 69.4 Å². The van der Waals surface area contributed by atoms with E-state index in [1.807, 2.05) is 0 Å². The van der Waals surface area contributed by atoms with Crippen LogP contribution in [0.3, 0.4) is 0 Å². The summed E-state index contributed by atoms with van der Waals surface area (Å²) in [7, 11) is -2.46. The van der Waals surface area contributed by atoms with Gasteiger partial charge in [-0.25, -0.2) is 0 Å². The highest BCUT2D eigenvalue weighted by Gasteiger charge is 2.12. The molecule has 5 heteroatoms. The molecule has 0 radical (unpaired) electrons. The maximum atomic E-state index is 11.2. The van der Waals surface area contributed by atoms with E-state index < -0.39 is 10.1 Å². The van der Waals surface area contributed by atoms with E-state index in [4.69, 9.17) is 5.73 Å².